The number of ether oxygens (including phenoxy) is 2. The first kappa shape index (κ1) is 21.7. The predicted molar refractivity (Wildman–Crippen MR) is 116 cm³/mol. The third-order valence-electron chi connectivity index (χ3n) is 4.27. The van der Waals surface area contributed by atoms with Crippen molar-refractivity contribution >= 4 is 65.9 Å². The van der Waals surface area contributed by atoms with Crippen molar-refractivity contribution in [2.45, 2.75) is 25.1 Å². The van der Waals surface area contributed by atoms with Crippen LogP contribution in [0.2, 0.25) is 0 Å². The Hall–Kier alpha value is -0.970. The number of thioether (sulfide) groups is 1. The number of halogens is 2. The summed E-state index contributed by atoms with van der Waals surface area (Å²) >= 11 is 10.5. The molecule has 154 valence electrons. The highest BCUT2D eigenvalue weighted by Gasteiger charge is 2.50. The van der Waals surface area contributed by atoms with Gasteiger partial charge >= 0.3 is 0 Å². The summed E-state index contributed by atoms with van der Waals surface area (Å²) in [5.74, 6) is 0.476. The van der Waals surface area contributed by atoms with Crippen LogP contribution < -0.4 is 14.4 Å². The lowest BCUT2D eigenvalue weighted by Crippen LogP contribution is -2.38. The first-order valence-electron chi connectivity index (χ1n) is 8.72. The molecule has 0 spiro atoms. The Morgan fingerprint density at radius 3 is 2.54 bits per heavy atom. The van der Waals surface area contributed by atoms with Crippen LogP contribution in [0.25, 0.3) is 0 Å². The Balaban J connectivity index is 2.09. The molecule has 2 fully saturated rings. The molecule has 1 aromatic carbocycles. The number of carbonyl (C=O) groups excluding carboxylic acids is 1. The lowest BCUT2D eigenvalue weighted by Gasteiger charge is -2.26. The summed E-state index contributed by atoms with van der Waals surface area (Å²) in [6, 6.07) is 3.25. The zero-order valence-electron chi connectivity index (χ0n) is 15.4. The van der Waals surface area contributed by atoms with E-state index in [9.17, 15) is 13.2 Å². The van der Waals surface area contributed by atoms with Crippen LogP contribution >= 0.6 is 39.3 Å². The molecule has 0 saturated carbocycles. The van der Waals surface area contributed by atoms with E-state index in [0.717, 1.165) is 0 Å². The highest BCUT2D eigenvalue weighted by Crippen LogP contribution is 2.46. The van der Waals surface area contributed by atoms with Crippen LogP contribution in [0.4, 0.5) is 5.69 Å². The Kier molecular flexibility index (Phi) is 6.84. The lowest BCUT2D eigenvalue weighted by atomic mass is 10.2. The first-order valence-corrected chi connectivity index (χ1v) is 12.7. The predicted octanol–water partition coefficient (Wildman–Crippen LogP) is 3.09. The van der Waals surface area contributed by atoms with E-state index in [1.165, 1.54) is 11.8 Å². The molecule has 0 aromatic heterocycles. The van der Waals surface area contributed by atoms with Gasteiger partial charge in [-0.25, -0.2) is 8.42 Å². The number of amides is 1. The minimum absolute atomic E-state index is 0.00235. The van der Waals surface area contributed by atoms with E-state index >= 15 is 0 Å². The Labute approximate surface area is 181 Å². The normalized spacial score (nSPS) is 24.4. The molecule has 0 radical (unpaired) electrons. The lowest BCUT2D eigenvalue weighted by molar-refractivity contribution is -0.115. The smallest absolute Gasteiger partial charge is 0.262 e. The molecular weight excluding hydrogens is 492 g/mol. The molecule has 2 heterocycles. The molecule has 2 saturated heterocycles. The number of hydrogen-bond acceptors (Lipinski definition) is 6. The maximum absolute atomic E-state index is 12.2. The third-order valence-corrected chi connectivity index (χ3v) is 8.35. The van der Waals surface area contributed by atoms with Crippen LogP contribution in [0.1, 0.15) is 13.8 Å². The highest BCUT2D eigenvalue weighted by molar-refractivity contribution is 9.10. The molecular formula is C17H20BrClN2O5S2. The topological polar surface area (TPSA) is 85.3 Å². The van der Waals surface area contributed by atoms with Gasteiger partial charge in [0.05, 0.1) is 36.4 Å². The quantitative estimate of drug-likeness (QED) is 0.543. The Morgan fingerprint density at radius 2 is 1.93 bits per heavy atom. The number of amidine groups is 1. The molecule has 2 aliphatic rings. The van der Waals surface area contributed by atoms with Crippen molar-refractivity contribution in [3.05, 3.63) is 16.6 Å². The van der Waals surface area contributed by atoms with E-state index in [-0.39, 0.29) is 28.7 Å². The molecule has 0 bridgehead atoms. The van der Waals surface area contributed by atoms with Crippen LogP contribution in [0, 0.1) is 0 Å². The van der Waals surface area contributed by atoms with Gasteiger partial charge in [-0.15, -0.1) is 11.6 Å². The summed E-state index contributed by atoms with van der Waals surface area (Å²) in [5.41, 5.74) is 0.671. The van der Waals surface area contributed by atoms with Crippen LogP contribution in [0.3, 0.4) is 0 Å². The summed E-state index contributed by atoms with van der Waals surface area (Å²) in [6.07, 6.45) is 0. The number of alkyl halides is 1. The van der Waals surface area contributed by atoms with E-state index < -0.39 is 15.7 Å². The van der Waals surface area contributed by atoms with Gasteiger partial charge in [0, 0.05) is 21.9 Å². The minimum Gasteiger partial charge on any atom is -0.490 e. The highest BCUT2D eigenvalue weighted by atomic mass is 79.9. The molecule has 1 amide bonds. The first-order chi connectivity index (χ1) is 13.3. The summed E-state index contributed by atoms with van der Waals surface area (Å²) in [7, 11) is -3.15. The molecule has 0 unspecified atom stereocenters. The van der Waals surface area contributed by atoms with Gasteiger partial charge in [0.1, 0.15) is 5.88 Å². The van der Waals surface area contributed by atoms with Crippen molar-refractivity contribution in [3.63, 3.8) is 0 Å². The summed E-state index contributed by atoms with van der Waals surface area (Å²) < 4.78 is 36.4. The molecule has 7 nitrogen and oxygen atoms in total. The number of anilines is 1. The Bertz CT molecular complexity index is 909. The van der Waals surface area contributed by atoms with Gasteiger partial charge in [-0.1, -0.05) is 11.8 Å². The van der Waals surface area contributed by atoms with E-state index in [2.05, 4.69) is 20.9 Å². The largest absolute Gasteiger partial charge is 0.490 e. The fourth-order valence-electron chi connectivity index (χ4n) is 3.23. The summed E-state index contributed by atoms with van der Waals surface area (Å²) in [6.45, 7) is 4.67. The monoisotopic (exact) mass is 510 g/mol. The van der Waals surface area contributed by atoms with Gasteiger partial charge < -0.3 is 14.4 Å². The average molecular weight is 512 g/mol. The molecule has 3 rings (SSSR count). The molecule has 28 heavy (non-hydrogen) atoms. The molecule has 2 aliphatic heterocycles. The molecule has 1 aromatic rings. The minimum atomic E-state index is -3.15. The van der Waals surface area contributed by atoms with Crippen molar-refractivity contribution in [1.29, 1.82) is 0 Å². The fourth-order valence-corrected chi connectivity index (χ4v) is 7.73. The van der Waals surface area contributed by atoms with E-state index in [1.807, 2.05) is 13.8 Å². The molecule has 2 atom stereocenters. The third kappa shape index (κ3) is 4.44. The number of fused-ring (bicyclic) bond motifs is 1. The fraction of sp³-hybridized carbons (Fsp3) is 0.529. The number of nitrogens with zero attached hydrogens (tertiary/aromatic N) is 2. The van der Waals surface area contributed by atoms with Crippen LogP contribution in [-0.2, 0) is 14.6 Å². The van der Waals surface area contributed by atoms with Crippen LogP contribution in [0.5, 0.6) is 11.5 Å². The SMILES string of the molecule is CCOc1cc(Br)c(N2C(=NC(=O)CCl)S[C@H]3CS(=O)(=O)C[C@H]32)cc1OCC. The number of benzene rings is 1. The van der Waals surface area contributed by atoms with Gasteiger partial charge in [0.2, 0.25) is 0 Å². The van der Waals surface area contributed by atoms with Crippen molar-refractivity contribution in [3.8, 4) is 11.5 Å². The van der Waals surface area contributed by atoms with Crippen LogP contribution in [0.15, 0.2) is 21.6 Å². The van der Waals surface area contributed by atoms with Crippen molar-refractivity contribution in [2.24, 2.45) is 4.99 Å². The maximum Gasteiger partial charge on any atom is 0.262 e. The van der Waals surface area contributed by atoms with Gasteiger partial charge in [-0.05, 0) is 29.8 Å². The van der Waals surface area contributed by atoms with Crippen molar-refractivity contribution < 1.29 is 22.7 Å². The standard InChI is InChI=1S/C17H20BrClN2O5S2/c1-3-25-13-5-10(18)11(6-14(13)26-4-2)21-12-8-28(23,24)9-15(12)27-17(21)20-16(22)7-19/h5-6,12,15H,3-4,7-9H2,1-2H3/t12-,15+/m1/s1. The van der Waals surface area contributed by atoms with E-state index in [0.29, 0.717) is 40.0 Å². The van der Waals surface area contributed by atoms with E-state index in [1.54, 1.807) is 17.0 Å². The Morgan fingerprint density at radius 1 is 1.29 bits per heavy atom. The number of rotatable bonds is 6. The summed E-state index contributed by atoms with van der Waals surface area (Å²) in [5, 5.41) is 0.253. The van der Waals surface area contributed by atoms with Gasteiger partial charge in [-0.3, -0.25) is 4.79 Å². The van der Waals surface area contributed by atoms with Crippen molar-refractivity contribution in [1.82, 2.24) is 0 Å². The van der Waals surface area contributed by atoms with Gasteiger partial charge in [-0.2, -0.15) is 4.99 Å². The zero-order chi connectivity index (χ0) is 20.5. The average Bonchev–Trinajstić information content (AvgIpc) is 3.08. The second kappa shape index (κ2) is 8.81. The number of hydrogen-bond donors (Lipinski definition) is 0. The molecule has 11 heteroatoms. The number of aliphatic imine (C=N–C) groups is 1. The number of sulfone groups is 1. The second-order valence-electron chi connectivity index (χ2n) is 6.21. The van der Waals surface area contributed by atoms with Gasteiger partial charge in [0.25, 0.3) is 5.91 Å². The van der Waals surface area contributed by atoms with E-state index in [4.69, 9.17) is 21.1 Å². The van der Waals surface area contributed by atoms with Crippen molar-refractivity contribution in [2.75, 3.05) is 35.5 Å². The summed E-state index contributed by atoms with van der Waals surface area (Å²) in [4.78, 5) is 17.8. The molecule has 0 N–H and O–H groups in total. The van der Waals surface area contributed by atoms with Gasteiger partial charge in [0.15, 0.2) is 26.5 Å². The number of carbonyl (C=O) groups is 1. The maximum atomic E-state index is 12.2. The second-order valence-corrected chi connectivity index (χ2v) is 10.7. The zero-order valence-corrected chi connectivity index (χ0v) is 19.3. The molecule has 0 aliphatic carbocycles. The van der Waals surface area contributed by atoms with Crippen LogP contribution in [-0.4, -0.2) is 61.4 Å².